The van der Waals surface area contributed by atoms with Crippen LogP contribution in [0.4, 0.5) is 0 Å². The minimum absolute atomic E-state index is 0.0571. The first-order valence-corrected chi connectivity index (χ1v) is 11.0. The van der Waals surface area contributed by atoms with Gasteiger partial charge < -0.3 is 9.42 Å². The van der Waals surface area contributed by atoms with Crippen LogP contribution in [0.1, 0.15) is 29.1 Å². The smallest absolute Gasteiger partial charge is 0.256 e. The van der Waals surface area contributed by atoms with E-state index < -0.39 is 0 Å². The Hall–Kier alpha value is -2.19. The fourth-order valence-electron chi connectivity index (χ4n) is 3.40. The van der Waals surface area contributed by atoms with E-state index in [-0.39, 0.29) is 5.91 Å². The summed E-state index contributed by atoms with van der Waals surface area (Å²) in [5, 5.41) is 8.86. The number of piperidine rings is 1. The third-order valence-electron chi connectivity index (χ3n) is 4.71. The standard InChI is InChI=1S/C19H20N4O2S2/c1-26-18-15(5-2-7-20-18)19(24)23-8-3-4-13(11-23)10-16-21-17(22-25-16)14-6-9-27-12-14/h2,5-7,9,12-13H,3-4,8,10-11H2,1H3. The Balaban J connectivity index is 1.43. The summed E-state index contributed by atoms with van der Waals surface area (Å²) in [6.07, 6.45) is 6.41. The summed E-state index contributed by atoms with van der Waals surface area (Å²) in [6, 6.07) is 5.66. The molecule has 1 aliphatic rings. The molecule has 0 aliphatic carbocycles. The topological polar surface area (TPSA) is 72.1 Å². The van der Waals surface area contributed by atoms with Gasteiger partial charge in [0.05, 0.1) is 5.56 Å². The molecule has 4 heterocycles. The lowest BCUT2D eigenvalue weighted by molar-refractivity contribution is 0.0664. The Bertz CT molecular complexity index is 910. The van der Waals surface area contributed by atoms with Crippen LogP contribution in [-0.4, -0.2) is 45.3 Å². The molecule has 0 aromatic carbocycles. The van der Waals surface area contributed by atoms with Crippen LogP contribution in [-0.2, 0) is 6.42 Å². The van der Waals surface area contributed by atoms with Crippen LogP contribution >= 0.6 is 23.1 Å². The van der Waals surface area contributed by atoms with Crippen molar-refractivity contribution in [1.29, 1.82) is 0 Å². The second kappa shape index (κ2) is 8.22. The van der Waals surface area contributed by atoms with Gasteiger partial charge in [-0.3, -0.25) is 4.79 Å². The Labute approximate surface area is 166 Å². The van der Waals surface area contributed by atoms with Crippen molar-refractivity contribution < 1.29 is 9.32 Å². The molecular weight excluding hydrogens is 380 g/mol. The summed E-state index contributed by atoms with van der Waals surface area (Å²) in [5.41, 5.74) is 1.67. The van der Waals surface area contributed by atoms with Gasteiger partial charge in [-0.1, -0.05) is 5.16 Å². The molecule has 4 rings (SSSR count). The molecule has 3 aromatic heterocycles. The molecule has 1 amide bonds. The molecule has 0 radical (unpaired) electrons. The molecule has 1 fully saturated rings. The van der Waals surface area contributed by atoms with E-state index in [1.165, 1.54) is 11.8 Å². The van der Waals surface area contributed by atoms with Crippen LogP contribution in [0.5, 0.6) is 0 Å². The number of aromatic nitrogens is 3. The number of hydrogen-bond acceptors (Lipinski definition) is 7. The maximum absolute atomic E-state index is 13.0. The Morgan fingerprint density at radius 1 is 1.44 bits per heavy atom. The van der Waals surface area contributed by atoms with Gasteiger partial charge in [0.15, 0.2) is 0 Å². The number of carbonyl (C=O) groups excluding carboxylic acids is 1. The van der Waals surface area contributed by atoms with E-state index in [1.807, 2.05) is 40.1 Å². The van der Waals surface area contributed by atoms with Gasteiger partial charge in [0, 0.05) is 36.7 Å². The lowest BCUT2D eigenvalue weighted by Crippen LogP contribution is -2.40. The molecule has 3 aromatic rings. The maximum atomic E-state index is 13.0. The van der Waals surface area contributed by atoms with Crippen molar-refractivity contribution in [3.8, 4) is 11.4 Å². The van der Waals surface area contributed by atoms with E-state index in [2.05, 4.69) is 15.1 Å². The van der Waals surface area contributed by atoms with Gasteiger partial charge in [-0.2, -0.15) is 16.3 Å². The molecule has 0 saturated carbocycles. The zero-order valence-electron chi connectivity index (χ0n) is 15.0. The predicted octanol–water partition coefficient (Wildman–Crippen LogP) is 4.01. The average molecular weight is 401 g/mol. The monoisotopic (exact) mass is 400 g/mol. The van der Waals surface area contributed by atoms with Gasteiger partial charge in [0.2, 0.25) is 11.7 Å². The highest BCUT2D eigenvalue weighted by molar-refractivity contribution is 7.98. The summed E-state index contributed by atoms with van der Waals surface area (Å²) in [4.78, 5) is 23.7. The number of hydrogen-bond donors (Lipinski definition) is 0. The predicted molar refractivity (Wildman–Crippen MR) is 106 cm³/mol. The van der Waals surface area contributed by atoms with Crippen LogP contribution < -0.4 is 0 Å². The molecule has 1 atom stereocenters. The van der Waals surface area contributed by atoms with Crippen molar-refractivity contribution in [2.45, 2.75) is 24.3 Å². The summed E-state index contributed by atoms with van der Waals surface area (Å²) in [7, 11) is 0. The van der Waals surface area contributed by atoms with Gasteiger partial charge in [-0.05, 0) is 48.6 Å². The summed E-state index contributed by atoms with van der Waals surface area (Å²) < 4.78 is 5.43. The van der Waals surface area contributed by atoms with E-state index in [4.69, 9.17) is 4.52 Å². The second-order valence-electron chi connectivity index (χ2n) is 6.55. The summed E-state index contributed by atoms with van der Waals surface area (Å²) >= 11 is 3.11. The highest BCUT2D eigenvalue weighted by atomic mass is 32.2. The molecule has 27 heavy (non-hydrogen) atoms. The van der Waals surface area contributed by atoms with Gasteiger partial charge in [0.25, 0.3) is 5.91 Å². The second-order valence-corrected chi connectivity index (χ2v) is 8.12. The molecule has 0 bridgehead atoms. The molecular formula is C19H20N4O2S2. The molecule has 1 saturated heterocycles. The first kappa shape index (κ1) is 18.2. The molecule has 140 valence electrons. The third-order valence-corrected chi connectivity index (χ3v) is 6.11. The maximum Gasteiger partial charge on any atom is 0.256 e. The number of thiophene rings is 1. The minimum atomic E-state index is 0.0571. The fraction of sp³-hybridized carbons (Fsp3) is 0.368. The largest absolute Gasteiger partial charge is 0.339 e. The molecule has 0 N–H and O–H groups in total. The van der Waals surface area contributed by atoms with Gasteiger partial charge >= 0.3 is 0 Å². The molecule has 1 unspecified atom stereocenters. The first-order valence-electron chi connectivity index (χ1n) is 8.88. The average Bonchev–Trinajstić information content (AvgIpc) is 3.39. The van der Waals surface area contributed by atoms with Crippen molar-refractivity contribution >= 4 is 29.0 Å². The SMILES string of the molecule is CSc1ncccc1C(=O)N1CCCC(Cc2nc(-c3ccsc3)no2)C1. The van der Waals surface area contributed by atoms with E-state index in [9.17, 15) is 4.79 Å². The Kier molecular flexibility index (Phi) is 5.54. The van der Waals surface area contributed by atoms with Crippen LogP contribution in [0.25, 0.3) is 11.4 Å². The first-order chi connectivity index (χ1) is 13.2. The van der Waals surface area contributed by atoms with E-state index in [0.29, 0.717) is 36.2 Å². The number of rotatable bonds is 5. The lowest BCUT2D eigenvalue weighted by Gasteiger charge is -2.32. The van der Waals surface area contributed by atoms with Crippen molar-refractivity contribution in [3.63, 3.8) is 0 Å². The van der Waals surface area contributed by atoms with Crippen LogP contribution in [0, 0.1) is 5.92 Å². The van der Waals surface area contributed by atoms with Crippen molar-refractivity contribution in [3.05, 3.63) is 46.6 Å². The normalized spacial score (nSPS) is 17.2. The number of pyridine rings is 1. The number of likely N-dealkylation sites (tertiary alicyclic amines) is 1. The molecule has 1 aliphatic heterocycles. The van der Waals surface area contributed by atoms with Crippen molar-refractivity contribution in [1.82, 2.24) is 20.0 Å². The van der Waals surface area contributed by atoms with Gasteiger partial charge in [-0.15, -0.1) is 11.8 Å². The number of amides is 1. The lowest BCUT2D eigenvalue weighted by atomic mass is 9.94. The highest BCUT2D eigenvalue weighted by Gasteiger charge is 2.27. The van der Waals surface area contributed by atoms with Crippen molar-refractivity contribution in [2.75, 3.05) is 19.3 Å². The fourth-order valence-corrected chi connectivity index (χ4v) is 4.57. The zero-order chi connectivity index (χ0) is 18.6. The van der Waals surface area contributed by atoms with Gasteiger partial charge in [-0.25, -0.2) is 4.98 Å². The van der Waals surface area contributed by atoms with Crippen LogP contribution in [0.3, 0.4) is 0 Å². The summed E-state index contributed by atoms with van der Waals surface area (Å²) in [6.45, 7) is 1.49. The van der Waals surface area contributed by atoms with Crippen molar-refractivity contribution in [2.24, 2.45) is 5.92 Å². The third kappa shape index (κ3) is 4.06. The van der Waals surface area contributed by atoms with Crippen LogP contribution in [0.2, 0.25) is 0 Å². The van der Waals surface area contributed by atoms with E-state index in [0.717, 1.165) is 30.0 Å². The number of nitrogens with zero attached hydrogens (tertiary/aromatic N) is 4. The quantitative estimate of drug-likeness (QED) is 0.603. The van der Waals surface area contributed by atoms with Gasteiger partial charge in [0.1, 0.15) is 5.03 Å². The summed E-state index contributed by atoms with van der Waals surface area (Å²) in [5.74, 6) is 1.66. The van der Waals surface area contributed by atoms with Crippen LogP contribution in [0.15, 0.2) is 44.7 Å². The Morgan fingerprint density at radius 2 is 2.37 bits per heavy atom. The minimum Gasteiger partial charge on any atom is -0.339 e. The number of thioether (sulfide) groups is 1. The number of carbonyl (C=O) groups is 1. The Morgan fingerprint density at radius 3 is 3.19 bits per heavy atom. The molecule has 6 nitrogen and oxygen atoms in total. The molecule has 0 spiro atoms. The molecule has 8 heteroatoms. The zero-order valence-corrected chi connectivity index (χ0v) is 16.6. The highest BCUT2D eigenvalue weighted by Crippen LogP contribution is 2.25. The van der Waals surface area contributed by atoms with E-state index >= 15 is 0 Å². The van der Waals surface area contributed by atoms with E-state index in [1.54, 1.807) is 17.5 Å².